The van der Waals surface area contributed by atoms with Crippen molar-refractivity contribution in [1.82, 2.24) is 15.4 Å². The van der Waals surface area contributed by atoms with Crippen molar-refractivity contribution in [3.8, 4) is 22.8 Å². The van der Waals surface area contributed by atoms with Gasteiger partial charge in [0.15, 0.2) is 5.75 Å². The molecule has 0 bridgehead atoms. The summed E-state index contributed by atoms with van der Waals surface area (Å²) in [4.78, 5) is 0. The summed E-state index contributed by atoms with van der Waals surface area (Å²) in [5.41, 5.74) is 3.81. The van der Waals surface area contributed by atoms with Crippen LogP contribution in [0.4, 0.5) is 0 Å². The Morgan fingerprint density at radius 3 is 2.45 bits per heavy atom. The van der Waals surface area contributed by atoms with Gasteiger partial charge >= 0.3 is 0 Å². The second-order valence-corrected chi connectivity index (χ2v) is 7.10. The van der Waals surface area contributed by atoms with Crippen LogP contribution in [-0.2, 0) is 17.8 Å². The lowest BCUT2D eigenvalue weighted by molar-refractivity contribution is 0.114. The predicted molar refractivity (Wildman–Crippen MR) is 123 cm³/mol. The maximum atomic E-state index is 9.78. The summed E-state index contributed by atoms with van der Waals surface area (Å²) in [5, 5.41) is 21.0. The molecule has 0 aliphatic heterocycles. The molecule has 31 heavy (non-hydrogen) atoms. The number of hydrogen-bond donors (Lipinski definition) is 1. The van der Waals surface area contributed by atoms with Gasteiger partial charge in [0.25, 0.3) is 0 Å². The monoisotopic (exact) mass is 423 g/mol. The van der Waals surface area contributed by atoms with Crippen LogP contribution in [0.2, 0.25) is 0 Å². The van der Waals surface area contributed by atoms with Gasteiger partial charge in [-0.3, -0.25) is 0 Å². The molecule has 3 rings (SSSR count). The van der Waals surface area contributed by atoms with Gasteiger partial charge in [-0.2, -0.15) is 0 Å². The summed E-state index contributed by atoms with van der Waals surface area (Å²) in [6, 6.07) is 15.4. The fourth-order valence-corrected chi connectivity index (χ4v) is 3.13. The topological polar surface area (TPSA) is 77.4 Å². The number of methoxy groups -OCH3 is 1. The number of unbranched alkanes of at least 4 members (excludes halogenated alkanes) is 3. The molecule has 6 nitrogen and oxygen atoms in total. The van der Waals surface area contributed by atoms with E-state index in [4.69, 9.17) is 9.47 Å². The molecule has 1 heterocycles. The van der Waals surface area contributed by atoms with E-state index in [-0.39, 0.29) is 0 Å². The highest BCUT2D eigenvalue weighted by Gasteiger charge is 2.07. The molecule has 0 atom stereocenters. The van der Waals surface area contributed by atoms with Crippen LogP contribution in [0, 0.1) is 0 Å². The standard InChI is InChI=1S/C15H24O2.C10H9N3O/c1-3-5-6-7-11-17-12-14-13(4-2)9-8-10-15(14)16;1-14-9-7-11-13-12-10(9)8-5-3-2-4-6-8/h8-10,16H,3-7,11-12H2,1-2H3;2-7H,1H3. The van der Waals surface area contributed by atoms with E-state index in [0.29, 0.717) is 23.8 Å². The molecule has 0 spiro atoms. The molecule has 2 aromatic carbocycles. The van der Waals surface area contributed by atoms with Crippen molar-refractivity contribution in [3.05, 3.63) is 65.9 Å². The minimum absolute atomic E-state index is 0.359. The fraction of sp³-hybridized carbons (Fsp3) is 0.400. The number of aryl methyl sites for hydroxylation is 1. The number of phenolic OH excluding ortho intramolecular Hbond substituents is 1. The highest BCUT2D eigenvalue weighted by Crippen LogP contribution is 2.25. The van der Waals surface area contributed by atoms with Crippen molar-refractivity contribution in [2.45, 2.75) is 52.6 Å². The Kier molecular flexibility index (Phi) is 11.0. The smallest absolute Gasteiger partial charge is 0.167 e. The average molecular weight is 424 g/mol. The summed E-state index contributed by atoms with van der Waals surface area (Å²) < 4.78 is 10.8. The second kappa shape index (κ2) is 14.1. The van der Waals surface area contributed by atoms with E-state index in [1.165, 1.54) is 24.8 Å². The molecule has 6 heteroatoms. The minimum atomic E-state index is 0.359. The second-order valence-electron chi connectivity index (χ2n) is 7.10. The molecule has 1 N–H and O–H groups in total. The van der Waals surface area contributed by atoms with Gasteiger partial charge in [0.05, 0.1) is 19.9 Å². The number of nitrogens with zero attached hydrogens (tertiary/aromatic N) is 3. The van der Waals surface area contributed by atoms with Gasteiger partial charge in [-0.1, -0.05) is 75.6 Å². The Hall–Kier alpha value is -2.99. The first-order valence-electron chi connectivity index (χ1n) is 10.9. The van der Waals surface area contributed by atoms with Gasteiger partial charge in [-0.25, -0.2) is 0 Å². The maximum Gasteiger partial charge on any atom is 0.167 e. The largest absolute Gasteiger partial charge is 0.508 e. The summed E-state index contributed by atoms with van der Waals surface area (Å²) in [7, 11) is 1.59. The van der Waals surface area contributed by atoms with E-state index in [1.807, 2.05) is 36.4 Å². The fourth-order valence-electron chi connectivity index (χ4n) is 3.13. The average Bonchev–Trinajstić information content (AvgIpc) is 2.83. The minimum Gasteiger partial charge on any atom is -0.508 e. The number of phenols is 1. The first-order valence-corrected chi connectivity index (χ1v) is 10.9. The molecular weight excluding hydrogens is 390 g/mol. The molecule has 0 fully saturated rings. The molecule has 0 radical (unpaired) electrons. The molecule has 0 saturated carbocycles. The molecule has 0 unspecified atom stereocenters. The van der Waals surface area contributed by atoms with Crippen LogP contribution in [0.5, 0.6) is 11.5 Å². The van der Waals surface area contributed by atoms with Crippen LogP contribution < -0.4 is 4.74 Å². The van der Waals surface area contributed by atoms with E-state index in [2.05, 4.69) is 35.3 Å². The van der Waals surface area contributed by atoms with Crippen molar-refractivity contribution >= 4 is 0 Å². The molecule has 1 aromatic heterocycles. The number of aromatic nitrogens is 3. The lowest BCUT2D eigenvalue weighted by Crippen LogP contribution is -1.99. The Bertz CT molecular complexity index is 888. The highest BCUT2D eigenvalue weighted by atomic mass is 16.5. The predicted octanol–water partition coefficient (Wildman–Crippen LogP) is 5.60. The summed E-state index contributed by atoms with van der Waals surface area (Å²) in [5.74, 6) is 0.990. The SMILES string of the molecule is CCCCCCOCc1c(O)cccc1CC.COc1cnnnc1-c1ccccc1. The Morgan fingerprint density at radius 1 is 0.935 bits per heavy atom. The van der Waals surface area contributed by atoms with Gasteiger partial charge < -0.3 is 14.6 Å². The van der Waals surface area contributed by atoms with E-state index < -0.39 is 0 Å². The lowest BCUT2D eigenvalue weighted by Gasteiger charge is -2.10. The third-order valence-electron chi connectivity index (χ3n) is 4.89. The maximum absolute atomic E-state index is 9.78. The zero-order valence-electron chi connectivity index (χ0n) is 18.8. The van der Waals surface area contributed by atoms with Crippen LogP contribution in [0.15, 0.2) is 54.7 Å². The Labute approximate surface area is 185 Å². The summed E-state index contributed by atoms with van der Waals surface area (Å²) in [6.45, 7) is 5.62. The molecular formula is C25H33N3O3. The molecule has 3 aromatic rings. The summed E-state index contributed by atoms with van der Waals surface area (Å²) >= 11 is 0. The van der Waals surface area contributed by atoms with Gasteiger partial charge in [0.1, 0.15) is 11.4 Å². The number of aromatic hydroxyl groups is 1. The number of ether oxygens (including phenoxy) is 2. The van der Waals surface area contributed by atoms with Crippen LogP contribution in [0.3, 0.4) is 0 Å². The number of rotatable bonds is 10. The van der Waals surface area contributed by atoms with E-state index in [1.54, 1.807) is 19.4 Å². The first kappa shape index (κ1) is 24.3. The van der Waals surface area contributed by atoms with E-state index in [9.17, 15) is 5.11 Å². The van der Waals surface area contributed by atoms with Gasteiger partial charge in [0, 0.05) is 17.7 Å². The van der Waals surface area contributed by atoms with Crippen LogP contribution in [-0.4, -0.2) is 34.2 Å². The Balaban J connectivity index is 0.000000224. The van der Waals surface area contributed by atoms with Crippen molar-refractivity contribution in [2.75, 3.05) is 13.7 Å². The zero-order chi connectivity index (χ0) is 22.3. The van der Waals surface area contributed by atoms with Crippen LogP contribution >= 0.6 is 0 Å². The Morgan fingerprint density at radius 2 is 1.74 bits per heavy atom. The first-order chi connectivity index (χ1) is 15.2. The van der Waals surface area contributed by atoms with Gasteiger partial charge in [0.2, 0.25) is 0 Å². The molecule has 0 saturated heterocycles. The molecule has 0 aliphatic rings. The zero-order valence-corrected chi connectivity index (χ0v) is 18.8. The van der Waals surface area contributed by atoms with Gasteiger partial charge in [-0.15, -0.1) is 10.2 Å². The van der Waals surface area contributed by atoms with Crippen LogP contribution in [0.1, 0.15) is 50.7 Å². The number of benzene rings is 2. The van der Waals surface area contributed by atoms with E-state index in [0.717, 1.165) is 30.6 Å². The van der Waals surface area contributed by atoms with Gasteiger partial charge in [-0.05, 0) is 29.7 Å². The molecule has 0 aliphatic carbocycles. The molecule has 166 valence electrons. The molecule has 0 amide bonds. The van der Waals surface area contributed by atoms with Crippen LogP contribution in [0.25, 0.3) is 11.3 Å². The van der Waals surface area contributed by atoms with Crippen molar-refractivity contribution in [2.24, 2.45) is 0 Å². The van der Waals surface area contributed by atoms with E-state index >= 15 is 0 Å². The third-order valence-corrected chi connectivity index (χ3v) is 4.89. The normalized spacial score (nSPS) is 10.3. The third kappa shape index (κ3) is 7.98. The quantitative estimate of drug-likeness (QED) is 0.428. The van der Waals surface area contributed by atoms with Crippen molar-refractivity contribution in [3.63, 3.8) is 0 Å². The lowest BCUT2D eigenvalue weighted by atomic mass is 10.1. The van der Waals surface area contributed by atoms with Crippen molar-refractivity contribution in [1.29, 1.82) is 0 Å². The van der Waals surface area contributed by atoms with Crippen molar-refractivity contribution < 1.29 is 14.6 Å². The number of hydrogen-bond acceptors (Lipinski definition) is 6. The summed E-state index contributed by atoms with van der Waals surface area (Å²) in [6.07, 6.45) is 7.36. The highest BCUT2D eigenvalue weighted by molar-refractivity contribution is 5.64.